The van der Waals surface area contributed by atoms with Gasteiger partial charge in [0.2, 0.25) is 0 Å². The molecule has 1 aliphatic heterocycles. The molecule has 0 saturated carbocycles. The molecule has 0 amide bonds. The van der Waals surface area contributed by atoms with E-state index >= 15 is 0 Å². The molecule has 0 fully saturated rings. The standard InChI is InChI=1S/C11H8BrF5O3/c12-6-4-8-7(19-1-2-20-8)3-5(6)9(18)10(13,14)11(15,16)17/h3-4,9,18H,1-2H2. The van der Waals surface area contributed by atoms with Crippen LogP contribution in [0.3, 0.4) is 0 Å². The van der Waals surface area contributed by atoms with Gasteiger partial charge in [-0.05, 0) is 12.1 Å². The molecule has 0 aromatic heterocycles. The maximum atomic E-state index is 13.2. The number of benzene rings is 1. The molecule has 20 heavy (non-hydrogen) atoms. The van der Waals surface area contributed by atoms with Crippen molar-refractivity contribution in [1.82, 2.24) is 0 Å². The Morgan fingerprint density at radius 2 is 1.55 bits per heavy atom. The minimum atomic E-state index is -5.86. The number of halogens is 6. The monoisotopic (exact) mass is 362 g/mol. The van der Waals surface area contributed by atoms with Gasteiger partial charge in [-0.3, -0.25) is 0 Å². The van der Waals surface area contributed by atoms with E-state index in [9.17, 15) is 27.1 Å². The summed E-state index contributed by atoms with van der Waals surface area (Å²) in [6.07, 6.45) is -8.91. The van der Waals surface area contributed by atoms with Gasteiger partial charge in [0.1, 0.15) is 13.2 Å². The van der Waals surface area contributed by atoms with Crippen molar-refractivity contribution in [2.24, 2.45) is 0 Å². The first-order valence-corrected chi connectivity index (χ1v) is 6.15. The van der Waals surface area contributed by atoms with Gasteiger partial charge in [-0.2, -0.15) is 22.0 Å². The molecule has 1 aliphatic rings. The molecule has 2 rings (SSSR count). The number of aliphatic hydroxyl groups is 1. The number of alkyl halides is 5. The van der Waals surface area contributed by atoms with Crippen molar-refractivity contribution in [2.75, 3.05) is 13.2 Å². The van der Waals surface area contributed by atoms with Crippen LogP contribution in [0.5, 0.6) is 11.5 Å². The van der Waals surface area contributed by atoms with Crippen LogP contribution in [-0.2, 0) is 0 Å². The molecule has 1 unspecified atom stereocenters. The first-order chi connectivity index (χ1) is 9.14. The van der Waals surface area contributed by atoms with Gasteiger partial charge in [0, 0.05) is 10.0 Å². The van der Waals surface area contributed by atoms with Crippen LogP contribution >= 0.6 is 15.9 Å². The summed E-state index contributed by atoms with van der Waals surface area (Å²) in [7, 11) is 0. The molecule has 1 heterocycles. The highest BCUT2D eigenvalue weighted by molar-refractivity contribution is 9.10. The van der Waals surface area contributed by atoms with Gasteiger partial charge in [0.05, 0.1) is 0 Å². The molecular weight excluding hydrogens is 355 g/mol. The van der Waals surface area contributed by atoms with Crippen LogP contribution < -0.4 is 9.47 Å². The fourth-order valence-electron chi connectivity index (χ4n) is 1.64. The largest absolute Gasteiger partial charge is 0.486 e. The maximum absolute atomic E-state index is 13.2. The summed E-state index contributed by atoms with van der Waals surface area (Å²) in [6, 6.07) is 2.09. The molecule has 0 aliphatic carbocycles. The SMILES string of the molecule is OC(c1cc2c(cc1Br)OCCO2)C(F)(F)C(F)(F)F. The second-order valence-electron chi connectivity index (χ2n) is 4.04. The number of aliphatic hydroxyl groups excluding tert-OH is 1. The third-order valence-electron chi connectivity index (χ3n) is 2.68. The highest BCUT2D eigenvalue weighted by atomic mass is 79.9. The molecule has 0 spiro atoms. The number of fused-ring (bicyclic) bond motifs is 1. The van der Waals surface area contributed by atoms with Crippen LogP contribution in [0.4, 0.5) is 22.0 Å². The van der Waals surface area contributed by atoms with Crippen LogP contribution in [0.15, 0.2) is 16.6 Å². The Bertz CT molecular complexity index is 518. The molecule has 0 radical (unpaired) electrons. The molecule has 0 bridgehead atoms. The lowest BCUT2D eigenvalue weighted by Gasteiger charge is -2.27. The second kappa shape index (κ2) is 5.03. The first kappa shape index (κ1) is 15.3. The lowest BCUT2D eigenvalue weighted by atomic mass is 10.0. The van der Waals surface area contributed by atoms with Gasteiger partial charge in [0.15, 0.2) is 17.6 Å². The van der Waals surface area contributed by atoms with Crippen molar-refractivity contribution in [2.45, 2.75) is 18.2 Å². The first-order valence-electron chi connectivity index (χ1n) is 5.36. The van der Waals surface area contributed by atoms with Crippen LogP contribution in [0.2, 0.25) is 0 Å². The van der Waals surface area contributed by atoms with E-state index in [-0.39, 0.29) is 29.2 Å². The van der Waals surface area contributed by atoms with Gasteiger partial charge in [0.25, 0.3) is 0 Å². The maximum Gasteiger partial charge on any atom is 0.456 e. The number of ether oxygens (including phenoxy) is 2. The minimum Gasteiger partial charge on any atom is -0.486 e. The number of hydrogen-bond donors (Lipinski definition) is 1. The third-order valence-corrected chi connectivity index (χ3v) is 3.36. The fourth-order valence-corrected chi connectivity index (χ4v) is 2.18. The molecule has 1 aromatic rings. The predicted octanol–water partition coefficient (Wildman–Crippen LogP) is 3.45. The van der Waals surface area contributed by atoms with Gasteiger partial charge >= 0.3 is 12.1 Å². The lowest BCUT2D eigenvalue weighted by molar-refractivity contribution is -0.315. The molecular formula is C11H8BrF5O3. The topological polar surface area (TPSA) is 38.7 Å². The lowest BCUT2D eigenvalue weighted by Crippen LogP contribution is -2.42. The summed E-state index contributed by atoms with van der Waals surface area (Å²) in [5.41, 5.74) is -0.628. The van der Waals surface area contributed by atoms with Crippen molar-refractivity contribution in [1.29, 1.82) is 0 Å². The summed E-state index contributed by atoms with van der Waals surface area (Å²) < 4.78 is 73.2. The highest BCUT2D eigenvalue weighted by Gasteiger charge is 2.63. The van der Waals surface area contributed by atoms with E-state index in [1.165, 1.54) is 6.07 Å². The summed E-state index contributed by atoms with van der Waals surface area (Å²) >= 11 is 2.84. The van der Waals surface area contributed by atoms with E-state index in [2.05, 4.69) is 15.9 Å². The molecule has 112 valence electrons. The fraction of sp³-hybridized carbons (Fsp3) is 0.455. The van der Waals surface area contributed by atoms with Gasteiger partial charge in [-0.15, -0.1) is 0 Å². The average Bonchev–Trinajstić information content (AvgIpc) is 2.35. The van der Waals surface area contributed by atoms with Gasteiger partial charge in [-0.25, -0.2) is 0 Å². The minimum absolute atomic E-state index is 0.00599. The van der Waals surface area contributed by atoms with Gasteiger partial charge in [-0.1, -0.05) is 15.9 Å². The summed E-state index contributed by atoms with van der Waals surface area (Å²) in [6.45, 7) is 0.375. The van der Waals surface area contributed by atoms with Crippen molar-refractivity contribution in [3.8, 4) is 11.5 Å². The van der Waals surface area contributed by atoms with Crippen LogP contribution in [0.25, 0.3) is 0 Å². The van der Waals surface area contributed by atoms with E-state index in [1.54, 1.807) is 0 Å². The Labute approximate surface area is 118 Å². The smallest absolute Gasteiger partial charge is 0.456 e. The zero-order valence-electron chi connectivity index (χ0n) is 9.68. The molecule has 9 heteroatoms. The number of rotatable bonds is 2. The normalized spacial score (nSPS) is 16.9. The summed E-state index contributed by atoms with van der Waals surface area (Å²) in [5, 5.41) is 9.37. The van der Waals surface area contributed by atoms with Crippen molar-refractivity contribution >= 4 is 15.9 Å². The molecule has 3 nitrogen and oxygen atoms in total. The van der Waals surface area contributed by atoms with Crippen LogP contribution in [-0.4, -0.2) is 30.4 Å². The Balaban J connectivity index is 2.42. The van der Waals surface area contributed by atoms with Gasteiger partial charge < -0.3 is 14.6 Å². The number of hydrogen-bond acceptors (Lipinski definition) is 3. The van der Waals surface area contributed by atoms with E-state index in [0.29, 0.717) is 0 Å². The van der Waals surface area contributed by atoms with E-state index < -0.39 is 23.8 Å². The van der Waals surface area contributed by atoms with Crippen LogP contribution in [0, 0.1) is 0 Å². The molecule has 0 saturated heterocycles. The van der Waals surface area contributed by atoms with Crippen molar-refractivity contribution in [3.63, 3.8) is 0 Å². The predicted molar refractivity (Wildman–Crippen MR) is 61.1 cm³/mol. The van der Waals surface area contributed by atoms with E-state index in [1.807, 2.05) is 0 Å². The Morgan fingerprint density at radius 1 is 1.05 bits per heavy atom. The molecule has 1 aromatic carbocycles. The Kier molecular flexibility index (Phi) is 3.85. The zero-order chi connectivity index (χ0) is 15.1. The average molecular weight is 363 g/mol. The highest BCUT2D eigenvalue weighted by Crippen LogP contribution is 2.48. The third kappa shape index (κ3) is 2.56. The summed E-state index contributed by atoms with van der Waals surface area (Å²) in [4.78, 5) is 0. The van der Waals surface area contributed by atoms with Crippen LogP contribution in [0.1, 0.15) is 11.7 Å². The zero-order valence-corrected chi connectivity index (χ0v) is 11.3. The molecule has 1 N–H and O–H groups in total. The summed E-state index contributed by atoms with van der Waals surface area (Å²) in [5.74, 6) is -5.07. The molecule has 1 atom stereocenters. The quantitative estimate of drug-likeness (QED) is 0.819. The van der Waals surface area contributed by atoms with Crippen molar-refractivity contribution in [3.05, 3.63) is 22.2 Å². The second-order valence-corrected chi connectivity index (χ2v) is 4.89. The van der Waals surface area contributed by atoms with E-state index in [0.717, 1.165) is 6.07 Å². The Hall–Kier alpha value is -1.09. The van der Waals surface area contributed by atoms with E-state index in [4.69, 9.17) is 9.47 Å². The van der Waals surface area contributed by atoms with Crippen molar-refractivity contribution < 1.29 is 36.5 Å². The Morgan fingerprint density at radius 3 is 2.05 bits per heavy atom.